The molecule has 0 bridgehead atoms. The van der Waals surface area contributed by atoms with E-state index in [-0.39, 0.29) is 55.1 Å². The number of nitrogens with two attached hydrogens (primary N) is 1. The van der Waals surface area contributed by atoms with E-state index in [0.717, 1.165) is 87.4 Å². The number of benzene rings is 5. The van der Waals surface area contributed by atoms with Crippen molar-refractivity contribution in [2.75, 3.05) is 56.4 Å². The number of aromatic nitrogens is 2. The Hall–Kier alpha value is -6.05. The second kappa shape index (κ2) is 30.0. The molecule has 3 aliphatic carbocycles. The lowest BCUT2D eigenvalue weighted by molar-refractivity contribution is -0.140. The molecule has 7 aromatic rings. The van der Waals surface area contributed by atoms with Crippen molar-refractivity contribution in [2.24, 2.45) is 0 Å². The van der Waals surface area contributed by atoms with Gasteiger partial charge in [-0.2, -0.15) is 0 Å². The molecule has 472 valence electrons. The average Bonchev–Trinajstić information content (AvgIpc) is 1.86. The minimum Gasteiger partial charge on any atom is -0.481 e. The summed E-state index contributed by atoms with van der Waals surface area (Å²) in [5.41, 5.74) is 13.4. The van der Waals surface area contributed by atoms with Gasteiger partial charge in [-0.1, -0.05) is 87.9 Å². The Bertz CT molecular complexity index is 3430. The van der Waals surface area contributed by atoms with Gasteiger partial charge in [-0.05, 0) is 171 Å². The Kier molecular flexibility index (Phi) is 24.1. The molecule has 2 aromatic heterocycles. The van der Waals surface area contributed by atoms with Crippen molar-refractivity contribution < 1.29 is 52.1 Å². The van der Waals surface area contributed by atoms with Crippen LogP contribution in [0.1, 0.15) is 136 Å². The monoisotopic (exact) mass is 1310 g/mol. The van der Waals surface area contributed by atoms with Gasteiger partial charge in [0.25, 0.3) is 0 Å². The maximum atomic E-state index is 13.1. The number of carboxylic acids is 1. The van der Waals surface area contributed by atoms with Gasteiger partial charge in [0.15, 0.2) is 34.5 Å². The zero-order chi connectivity index (χ0) is 62.8. The fourth-order valence-corrected chi connectivity index (χ4v) is 10.2. The summed E-state index contributed by atoms with van der Waals surface area (Å²) in [5, 5.41) is 14.5. The summed E-state index contributed by atoms with van der Waals surface area (Å²) in [7, 11) is 7.36. The number of aromatic amines is 2. The molecule has 3 saturated carbocycles. The number of nitrogens with zero attached hydrogens (tertiary/aromatic N) is 1. The largest absolute Gasteiger partial charge is 0.481 e. The highest BCUT2D eigenvalue weighted by Crippen LogP contribution is 2.53. The maximum Gasteiger partial charge on any atom is 0.314 e. The third-order valence-corrected chi connectivity index (χ3v) is 16.1. The number of rotatable bonds is 10. The predicted molar refractivity (Wildman–Crippen MR) is 353 cm³/mol. The van der Waals surface area contributed by atoms with Crippen molar-refractivity contribution in [1.29, 1.82) is 0 Å². The van der Waals surface area contributed by atoms with Gasteiger partial charge >= 0.3 is 5.97 Å². The Morgan fingerprint density at radius 1 is 0.575 bits per heavy atom. The van der Waals surface area contributed by atoms with Crippen molar-refractivity contribution in [3.63, 3.8) is 0 Å². The Morgan fingerprint density at radius 3 is 1.28 bits per heavy atom. The van der Waals surface area contributed by atoms with Crippen LogP contribution in [0.15, 0.2) is 103 Å². The van der Waals surface area contributed by atoms with E-state index in [2.05, 4.69) is 116 Å². The summed E-state index contributed by atoms with van der Waals surface area (Å²) in [6, 6.07) is 33.1. The van der Waals surface area contributed by atoms with Crippen LogP contribution >= 0.6 is 56.2 Å². The van der Waals surface area contributed by atoms with E-state index in [9.17, 15) is 14.4 Å². The lowest BCUT2D eigenvalue weighted by atomic mass is 9.92. The fraction of sp³-hybridized carbons (Fsp3) is 0.431. The smallest absolute Gasteiger partial charge is 0.314 e. The van der Waals surface area contributed by atoms with Crippen LogP contribution in [0.2, 0.25) is 0 Å². The number of aliphatic carboxylic acids is 1. The molecule has 87 heavy (non-hydrogen) atoms. The van der Waals surface area contributed by atoms with Crippen molar-refractivity contribution in [1.82, 2.24) is 14.9 Å². The fourth-order valence-electron chi connectivity index (χ4n) is 9.92. The number of H-pyrrole nitrogens is 2. The topological polar surface area (TPSA) is 217 Å². The molecule has 6 aliphatic rings. The van der Waals surface area contributed by atoms with E-state index in [1.807, 2.05) is 78.9 Å². The molecule has 0 spiro atoms. The molecule has 1 amide bonds. The number of nitrogen functional groups attached to an aromatic ring is 1. The number of ether oxygens (including phenoxy) is 6. The Balaban J connectivity index is 0.000000178. The van der Waals surface area contributed by atoms with Gasteiger partial charge in [-0.25, -0.2) is 4.21 Å². The van der Waals surface area contributed by atoms with Gasteiger partial charge in [-0.3, -0.25) is 14.4 Å². The lowest BCUT2D eigenvalue weighted by Gasteiger charge is -2.16. The number of carboxylic acid groups (broad SMARTS) is 1. The average molecular weight is 1320 g/mol. The normalized spacial score (nSPS) is 15.8. The van der Waals surface area contributed by atoms with Gasteiger partial charge in [0.1, 0.15) is 0 Å². The van der Waals surface area contributed by atoms with Crippen LogP contribution in [0.25, 0.3) is 21.8 Å². The number of halogens is 5. The SMILES string of the molecule is C.CC(C)(C)c1cc2cc(N)ccc2[nH]1.CC(C)(C)c1cc2cc(NC(=O)C3(c4ccc5c(c4)OCO5)CC3)ccc2[nH]1.CCN(CC)CC.ClCCl.O=C(Cl)C1(c2ccc3c(c2)OCO3)CC1.O=C(O)C1(c2ccc3c(c2)OCO3)CC1.O=S(Cl)Cl. The second-order valence-electron chi connectivity index (χ2n) is 23.4. The lowest BCUT2D eigenvalue weighted by Crippen LogP contribution is -2.27. The quantitative estimate of drug-likeness (QED) is 0.0490. The number of hydrogen-bond donors (Lipinski definition) is 5. The number of alkyl halides is 2. The van der Waals surface area contributed by atoms with Crippen molar-refractivity contribution >= 4 is 116 Å². The first kappa shape index (κ1) is 70.0. The molecular formula is C65H80Cl5N5O11S. The minimum absolute atomic E-state index is 0. The number of carbonyl (C=O) groups is 3. The van der Waals surface area contributed by atoms with Crippen LogP contribution < -0.4 is 39.5 Å². The highest BCUT2D eigenvalue weighted by atomic mass is 36.0. The van der Waals surface area contributed by atoms with E-state index in [0.29, 0.717) is 30.1 Å². The molecule has 3 aliphatic heterocycles. The Morgan fingerprint density at radius 2 is 0.931 bits per heavy atom. The number of amides is 1. The predicted octanol–water partition coefficient (Wildman–Crippen LogP) is 16.1. The van der Waals surface area contributed by atoms with Crippen LogP contribution in [0, 0.1) is 0 Å². The molecule has 0 atom stereocenters. The third-order valence-electron chi connectivity index (χ3n) is 15.7. The zero-order valence-electron chi connectivity index (χ0n) is 49.9. The highest BCUT2D eigenvalue weighted by Gasteiger charge is 2.53. The standard InChI is InChI=1S/C23H24N2O3.C12H16N2.C11H9ClO3.C11H10O4.C6H15N.CH2Cl2.CH4.Cl2OS/c1-22(2,3)20-11-14-10-16(5-6-17(14)25-20)24-21(26)23(8-9-23)15-4-7-18-19(12-15)28-13-27-18;1-12(2,3)11-7-8-6-9(13)4-5-10(8)14-11;2*12-10(13)11(3-4-11)7-1-2-8-9(5-7)15-6-14-8;1-4-7(5-2)6-3;2-1-3;;1-4(2)3/h4-7,10-12,25H,8-9,13H2,1-3H3,(H,24,26);4-7,14H,13H2,1-3H3;1-2,5H,3-4,6H2;1-2,5H,3-4,6H2,(H,12,13);4-6H2,1-3H3;1H2;1H4;. The first-order valence-corrected chi connectivity index (χ1v) is 32.6. The molecule has 22 heteroatoms. The summed E-state index contributed by atoms with van der Waals surface area (Å²) in [6.07, 6.45) is 4.77. The first-order chi connectivity index (χ1) is 40.8. The minimum atomic E-state index is -1.67. The molecule has 0 unspecified atom stereocenters. The zero-order valence-corrected chi connectivity index (χ0v) is 54.5. The molecule has 5 aromatic carbocycles. The van der Waals surface area contributed by atoms with Crippen molar-refractivity contribution in [2.45, 2.75) is 135 Å². The van der Waals surface area contributed by atoms with Gasteiger partial charge in [0, 0.05) is 76.8 Å². The molecule has 6 N–H and O–H groups in total. The summed E-state index contributed by atoms with van der Waals surface area (Å²) in [6.45, 7) is 24.0. The van der Waals surface area contributed by atoms with Gasteiger partial charge in [0.2, 0.25) is 40.8 Å². The van der Waals surface area contributed by atoms with E-state index >= 15 is 0 Å². The molecule has 16 nitrogen and oxygen atoms in total. The summed E-state index contributed by atoms with van der Waals surface area (Å²) >= 11 is 15.1. The van der Waals surface area contributed by atoms with Gasteiger partial charge in [0.05, 0.1) is 21.6 Å². The molecule has 0 radical (unpaired) electrons. The van der Waals surface area contributed by atoms with Gasteiger partial charge in [-0.15, -0.1) is 23.2 Å². The van der Waals surface area contributed by atoms with E-state index in [1.54, 1.807) is 12.1 Å². The summed E-state index contributed by atoms with van der Waals surface area (Å²) in [4.78, 5) is 44.8. The van der Waals surface area contributed by atoms with E-state index in [1.165, 1.54) is 36.4 Å². The number of carbonyl (C=O) groups excluding carboxylic acids is 2. The molecule has 0 saturated heterocycles. The van der Waals surface area contributed by atoms with E-state index in [4.69, 9.17) is 78.3 Å². The summed E-state index contributed by atoms with van der Waals surface area (Å²) in [5.74, 6) is 3.54. The maximum absolute atomic E-state index is 13.1. The molecule has 5 heterocycles. The van der Waals surface area contributed by atoms with Crippen LogP contribution in [0.5, 0.6) is 34.5 Å². The van der Waals surface area contributed by atoms with Crippen LogP contribution in [-0.4, -0.2) is 86.7 Å². The molecular weight excluding hydrogens is 1240 g/mol. The van der Waals surface area contributed by atoms with E-state index < -0.39 is 31.4 Å². The molecule has 3 fully saturated rings. The third kappa shape index (κ3) is 17.6. The van der Waals surface area contributed by atoms with Crippen LogP contribution in [0.3, 0.4) is 0 Å². The number of nitrogens with one attached hydrogen (secondary N) is 3. The Labute approximate surface area is 536 Å². The number of anilines is 2. The van der Waals surface area contributed by atoms with Crippen molar-refractivity contribution in [3.8, 4) is 34.5 Å². The summed E-state index contributed by atoms with van der Waals surface area (Å²) < 4.78 is 40.8. The van der Waals surface area contributed by atoms with Crippen molar-refractivity contribution in [3.05, 3.63) is 131 Å². The van der Waals surface area contributed by atoms with Gasteiger partial charge < -0.3 is 59.4 Å². The van der Waals surface area contributed by atoms with Crippen LogP contribution in [0.4, 0.5) is 11.4 Å². The number of fused-ring (bicyclic) bond motifs is 5. The highest BCUT2D eigenvalue weighted by molar-refractivity contribution is 8.26. The second-order valence-corrected chi connectivity index (χ2v) is 27.1. The molecule has 13 rings (SSSR count). The van der Waals surface area contributed by atoms with Crippen LogP contribution in [-0.2, 0) is 50.7 Å². The number of hydrogen-bond acceptors (Lipinski definition) is 12. The first-order valence-electron chi connectivity index (χ1n) is 28.3.